The number of benzene rings is 2. The number of fused-ring (bicyclic) bond motifs is 1. The molecule has 0 saturated carbocycles. The molecule has 0 unspecified atom stereocenters. The van der Waals surface area contributed by atoms with Gasteiger partial charge >= 0.3 is 0 Å². The molecule has 0 saturated heterocycles. The number of carbonyl (C=O) groups excluding carboxylic acids is 1. The first-order valence-corrected chi connectivity index (χ1v) is 8.43. The van der Waals surface area contributed by atoms with Crippen LogP contribution in [0.2, 0.25) is 0 Å². The van der Waals surface area contributed by atoms with Gasteiger partial charge in [0.05, 0.1) is 11.4 Å². The van der Waals surface area contributed by atoms with E-state index in [0.717, 1.165) is 43.1 Å². The lowest BCUT2D eigenvalue weighted by Gasteiger charge is -2.38. The summed E-state index contributed by atoms with van der Waals surface area (Å²) in [6, 6.07) is 16.0. The van der Waals surface area contributed by atoms with Gasteiger partial charge in [-0.3, -0.25) is 4.79 Å². The first-order chi connectivity index (χ1) is 11.6. The predicted octanol–water partition coefficient (Wildman–Crippen LogP) is 3.02. The molecule has 0 N–H and O–H groups in total. The molecule has 1 amide bonds. The average Bonchev–Trinajstić information content (AvgIpc) is 2.59. The van der Waals surface area contributed by atoms with E-state index in [1.165, 1.54) is 5.56 Å². The molecule has 24 heavy (non-hydrogen) atoms. The van der Waals surface area contributed by atoms with Crippen LogP contribution < -0.4 is 9.80 Å². The highest BCUT2D eigenvalue weighted by Crippen LogP contribution is 2.33. The Hall–Kier alpha value is -2.33. The number of amides is 1. The third-order valence-corrected chi connectivity index (χ3v) is 4.47. The molecule has 3 rings (SSSR count). The van der Waals surface area contributed by atoms with Gasteiger partial charge in [-0.15, -0.1) is 0 Å². The summed E-state index contributed by atoms with van der Waals surface area (Å²) >= 11 is 0. The van der Waals surface area contributed by atoms with Crippen LogP contribution in [0, 0.1) is 6.92 Å². The van der Waals surface area contributed by atoms with E-state index in [1.54, 1.807) is 0 Å². The third-order valence-electron chi connectivity index (χ3n) is 4.47. The van der Waals surface area contributed by atoms with Crippen LogP contribution in [0.1, 0.15) is 15.9 Å². The van der Waals surface area contributed by atoms with Crippen molar-refractivity contribution in [3.63, 3.8) is 0 Å². The van der Waals surface area contributed by atoms with Crippen LogP contribution >= 0.6 is 0 Å². The molecule has 4 nitrogen and oxygen atoms in total. The van der Waals surface area contributed by atoms with Crippen LogP contribution in [0.4, 0.5) is 11.4 Å². The number of para-hydroxylation sites is 2. The zero-order valence-electron chi connectivity index (χ0n) is 14.7. The maximum Gasteiger partial charge on any atom is 0.258 e. The summed E-state index contributed by atoms with van der Waals surface area (Å²) in [5.74, 6) is 0.0784. The monoisotopic (exact) mass is 323 g/mol. The van der Waals surface area contributed by atoms with Crippen molar-refractivity contribution in [3.8, 4) is 0 Å². The maximum absolute atomic E-state index is 12.9. The summed E-state index contributed by atoms with van der Waals surface area (Å²) in [5, 5.41) is 0. The summed E-state index contributed by atoms with van der Waals surface area (Å²) < 4.78 is 0. The highest BCUT2D eigenvalue weighted by atomic mass is 16.2. The molecule has 1 aliphatic heterocycles. The van der Waals surface area contributed by atoms with Gasteiger partial charge in [0.25, 0.3) is 5.91 Å². The van der Waals surface area contributed by atoms with Crippen LogP contribution in [0.5, 0.6) is 0 Å². The molecule has 0 fully saturated rings. The largest absolute Gasteiger partial charge is 0.367 e. The predicted molar refractivity (Wildman–Crippen MR) is 100 cm³/mol. The van der Waals surface area contributed by atoms with Crippen molar-refractivity contribution in [1.29, 1.82) is 0 Å². The lowest BCUT2D eigenvalue weighted by atomic mass is 10.1. The van der Waals surface area contributed by atoms with E-state index in [4.69, 9.17) is 0 Å². The van der Waals surface area contributed by atoms with Gasteiger partial charge in [0.2, 0.25) is 0 Å². The van der Waals surface area contributed by atoms with Gasteiger partial charge in [0, 0.05) is 31.7 Å². The normalized spacial score (nSPS) is 14.0. The Morgan fingerprint density at radius 2 is 1.67 bits per heavy atom. The van der Waals surface area contributed by atoms with Gasteiger partial charge < -0.3 is 14.7 Å². The Bertz CT molecular complexity index is 709. The zero-order chi connectivity index (χ0) is 17.1. The number of anilines is 2. The fourth-order valence-corrected chi connectivity index (χ4v) is 3.04. The molecule has 2 aromatic rings. The quantitative estimate of drug-likeness (QED) is 0.865. The minimum atomic E-state index is 0.0784. The summed E-state index contributed by atoms with van der Waals surface area (Å²) in [4.78, 5) is 19.4. The van der Waals surface area contributed by atoms with Gasteiger partial charge in [-0.05, 0) is 45.3 Å². The molecular weight excluding hydrogens is 298 g/mol. The fourth-order valence-electron chi connectivity index (χ4n) is 3.04. The summed E-state index contributed by atoms with van der Waals surface area (Å²) in [5.41, 5.74) is 4.07. The number of hydrogen-bond donors (Lipinski definition) is 0. The van der Waals surface area contributed by atoms with Crippen LogP contribution in [0.15, 0.2) is 48.5 Å². The number of likely N-dealkylation sites (N-methyl/N-ethyl adjacent to an activating group) is 1. The van der Waals surface area contributed by atoms with Crippen molar-refractivity contribution in [1.82, 2.24) is 4.90 Å². The topological polar surface area (TPSA) is 26.8 Å². The molecule has 0 aromatic heterocycles. The van der Waals surface area contributed by atoms with Crippen LogP contribution in [0.25, 0.3) is 0 Å². The smallest absolute Gasteiger partial charge is 0.258 e. The average molecular weight is 323 g/mol. The molecule has 2 aromatic carbocycles. The van der Waals surface area contributed by atoms with Crippen molar-refractivity contribution in [2.45, 2.75) is 6.92 Å². The van der Waals surface area contributed by atoms with Crippen LogP contribution in [-0.2, 0) is 0 Å². The standard InChI is InChI=1S/C20H25N3O/c1-16-8-10-17(11-9-16)20(24)23-15-14-22(13-12-21(2)3)18-6-4-5-7-19(18)23/h4-11H,12-15H2,1-3H3. The molecule has 0 spiro atoms. The van der Waals surface area contributed by atoms with Crippen molar-refractivity contribution in [3.05, 3.63) is 59.7 Å². The number of hydrogen-bond acceptors (Lipinski definition) is 3. The second-order valence-electron chi connectivity index (χ2n) is 6.60. The van der Waals surface area contributed by atoms with Crippen molar-refractivity contribution >= 4 is 17.3 Å². The number of aryl methyl sites for hydroxylation is 1. The van der Waals surface area contributed by atoms with Crippen molar-refractivity contribution < 1.29 is 4.79 Å². The molecular formula is C20H25N3O. The number of rotatable bonds is 4. The Morgan fingerprint density at radius 3 is 2.33 bits per heavy atom. The van der Waals surface area contributed by atoms with Crippen LogP contribution in [-0.4, -0.2) is 51.1 Å². The zero-order valence-corrected chi connectivity index (χ0v) is 14.7. The SMILES string of the molecule is Cc1ccc(C(=O)N2CCN(CCN(C)C)c3ccccc32)cc1. The fraction of sp³-hybridized carbons (Fsp3) is 0.350. The Kier molecular flexibility index (Phi) is 4.86. The lowest BCUT2D eigenvalue weighted by Crippen LogP contribution is -2.45. The summed E-state index contributed by atoms with van der Waals surface area (Å²) in [6.45, 7) is 5.59. The molecule has 1 aliphatic rings. The molecule has 0 radical (unpaired) electrons. The second-order valence-corrected chi connectivity index (χ2v) is 6.60. The molecule has 0 atom stereocenters. The van der Waals surface area contributed by atoms with E-state index >= 15 is 0 Å². The Morgan fingerprint density at radius 1 is 1.00 bits per heavy atom. The Balaban J connectivity index is 1.86. The second kappa shape index (κ2) is 7.05. The van der Waals surface area contributed by atoms with Gasteiger partial charge in [0.15, 0.2) is 0 Å². The van der Waals surface area contributed by atoms with E-state index in [0.29, 0.717) is 0 Å². The maximum atomic E-state index is 12.9. The molecule has 0 bridgehead atoms. The lowest BCUT2D eigenvalue weighted by molar-refractivity contribution is 0.0986. The minimum absolute atomic E-state index is 0.0784. The van der Waals surface area contributed by atoms with Crippen molar-refractivity contribution in [2.24, 2.45) is 0 Å². The van der Waals surface area contributed by atoms with E-state index in [2.05, 4.69) is 30.0 Å². The Labute approximate surface area is 144 Å². The number of carbonyl (C=O) groups is 1. The van der Waals surface area contributed by atoms with E-state index in [1.807, 2.05) is 54.3 Å². The summed E-state index contributed by atoms with van der Waals surface area (Å²) in [6.07, 6.45) is 0. The van der Waals surface area contributed by atoms with Gasteiger partial charge in [-0.2, -0.15) is 0 Å². The molecule has 126 valence electrons. The third kappa shape index (κ3) is 3.44. The number of nitrogens with zero attached hydrogens (tertiary/aromatic N) is 3. The molecule has 0 aliphatic carbocycles. The van der Waals surface area contributed by atoms with Crippen molar-refractivity contribution in [2.75, 3.05) is 50.1 Å². The van der Waals surface area contributed by atoms with Crippen LogP contribution in [0.3, 0.4) is 0 Å². The van der Waals surface area contributed by atoms with Gasteiger partial charge in [-0.25, -0.2) is 0 Å². The summed E-state index contributed by atoms with van der Waals surface area (Å²) in [7, 11) is 4.17. The van der Waals surface area contributed by atoms with Gasteiger partial charge in [0.1, 0.15) is 0 Å². The molecule has 4 heteroatoms. The first-order valence-electron chi connectivity index (χ1n) is 8.43. The van der Waals surface area contributed by atoms with E-state index in [9.17, 15) is 4.79 Å². The van der Waals surface area contributed by atoms with Gasteiger partial charge in [-0.1, -0.05) is 29.8 Å². The highest BCUT2D eigenvalue weighted by molar-refractivity contribution is 6.08. The van der Waals surface area contributed by atoms with E-state index < -0.39 is 0 Å². The first kappa shape index (κ1) is 16.5. The molecule has 1 heterocycles. The highest BCUT2D eigenvalue weighted by Gasteiger charge is 2.27. The minimum Gasteiger partial charge on any atom is -0.367 e. The van der Waals surface area contributed by atoms with E-state index in [-0.39, 0.29) is 5.91 Å².